The van der Waals surface area contributed by atoms with Crippen molar-refractivity contribution in [1.29, 1.82) is 0 Å². The molecule has 1 aliphatic rings. The van der Waals surface area contributed by atoms with E-state index in [9.17, 15) is 10.1 Å². The lowest BCUT2D eigenvalue weighted by atomic mass is 9.76. The molecular formula is C30H29N3O2. The molecule has 1 aromatic heterocycles. The van der Waals surface area contributed by atoms with Gasteiger partial charge in [0.1, 0.15) is 5.54 Å². The molecule has 0 N–H and O–H groups in total. The average molecular weight is 464 g/mol. The van der Waals surface area contributed by atoms with E-state index in [-0.39, 0.29) is 10.8 Å². The minimum Gasteiger partial charge on any atom is -0.319 e. The van der Waals surface area contributed by atoms with E-state index < -0.39 is 11.6 Å². The molecule has 1 aliphatic carbocycles. The van der Waals surface area contributed by atoms with Crippen molar-refractivity contribution in [3.05, 3.63) is 147 Å². The highest BCUT2D eigenvalue weighted by atomic mass is 16.6. The van der Waals surface area contributed by atoms with E-state index in [2.05, 4.69) is 84.3 Å². The minimum absolute atomic E-state index is 0.127. The van der Waals surface area contributed by atoms with Crippen molar-refractivity contribution < 1.29 is 4.92 Å². The van der Waals surface area contributed by atoms with Crippen LogP contribution in [-0.2, 0) is 5.54 Å². The molecule has 0 bridgehead atoms. The third-order valence-electron chi connectivity index (χ3n) is 7.45. The lowest BCUT2D eigenvalue weighted by Crippen LogP contribution is -2.37. The zero-order valence-corrected chi connectivity index (χ0v) is 20.0. The summed E-state index contributed by atoms with van der Waals surface area (Å²) < 4.78 is 2.14. The molecule has 0 aliphatic heterocycles. The van der Waals surface area contributed by atoms with Crippen LogP contribution in [0.2, 0.25) is 0 Å². The smallest absolute Gasteiger partial charge is 0.225 e. The number of aromatic nitrogens is 2. The Morgan fingerprint density at radius 1 is 0.800 bits per heavy atom. The highest BCUT2D eigenvalue weighted by Crippen LogP contribution is 2.43. The van der Waals surface area contributed by atoms with E-state index in [0.29, 0.717) is 12.8 Å². The molecule has 0 radical (unpaired) electrons. The van der Waals surface area contributed by atoms with Gasteiger partial charge in [0, 0.05) is 17.5 Å². The van der Waals surface area contributed by atoms with E-state index >= 15 is 0 Å². The van der Waals surface area contributed by atoms with Crippen molar-refractivity contribution in [2.24, 2.45) is 0 Å². The molecule has 5 heteroatoms. The second-order valence-corrected chi connectivity index (χ2v) is 9.44. The summed E-state index contributed by atoms with van der Waals surface area (Å²) >= 11 is 0. The highest BCUT2D eigenvalue weighted by molar-refractivity contribution is 5.50. The minimum atomic E-state index is -0.672. The van der Waals surface area contributed by atoms with Gasteiger partial charge in [-0.15, -0.1) is 0 Å². The Morgan fingerprint density at radius 2 is 1.26 bits per heavy atom. The number of imidazole rings is 1. The van der Waals surface area contributed by atoms with Crippen molar-refractivity contribution in [1.82, 2.24) is 9.55 Å². The molecule has 0 spiro atoms. The van der Waals surface area contributed by atoms with Crippen LogP contribution < -0.4 is 0 Å². The van der Waals surface area contributed by atoms with Gasteiger partial charge in [0.05, 0.1) is 17.9 Å². The molecule has 4 aromatic rings. The van der Waals surface area contributed by atoms with Crippen molar-refractivity contribution in [2.75, 3.05) is 0 Å². The number of nitrogens with zero attached hydrogens (tertiary/aromatic N) is 3. The van der Waals surface area contributed by atoms with Crippen LogP contribution in [0.3, 0.4) is 0 Å². The number of nitro groups is 1. The fourth-order valence-electron chi connectivity index (χ4n) is 5.49. The molecule has 35 heavy (non-hydrogen) atoms. The van der Waals surface area contributed by atoms with Crippen LogP contribution in [0, 0.1) is 10.1 Å². The first-order valence-corrected chi connectivity index (χ1v) is 12.0. The standard InChI is InChI=1S/C30H29N3O2/c1-22-18-27(29(33(34)35)19-23(22)2)28-20-32(21-31-28)30(24-12-6-3-7-13-24,25-14-8-4-9-15-25)26-16-10-5-11-17-26/h3-17,20-21,27,29H,18-19H2,1-2H3/t27-,29+/m0/s1. The van der Waals surface area contributed by atoms with Crippen molar-refractivity contribution >= 4 is 0 Å². The maximum Gasteiger partial charge on any atom is 0.225 e. The summed E-state index contributed by atoms with van der Waals surface area (Å²) in [4.78, 5) is 16.7. The first-order chi connectivity index (χ1) is 17.0. The molecule has 0 amide bonds. The molecule has 3 aromatic carbocycles. The first kappa shape index (κ1) is 22.8. The number of hydrogen-bond acceptors (Lipinski definition) is 3. The highest BCUT2D eigenvalue weighted by Gasteiger charge is 2.41. The summed E-state index contributed by atoms with van der Waals surface area (Å²) in [5.41, 5.74) is 5.74. The first-order valence-electron chi connectivity index (χ1n) is 12.0. The van der Waals surface area contributed by atoms with Gasteiger partial charge in [-0.05, 0) is 37.0 Å². The number of rotatable bonds is 6. The maximum absolute atomic E-state index is 12.0. The molecule has 0 fully saturated rings. The SMILES string of the molecule is CC1=C(C)C[C@@H](c2cn(C(c3ccccc3)(c3ccccc3)c3ccccc3)cn2)[C@H]([N+](=O)[O-])C1. The van der Waals surface area contributed by atoms with Crippen LogP contribution in [-0.4, -0.2) is 20.5 Å². The molecular weight excluding hydrogens is 434 g/mol. The van der Waals surface area contributed by atoms with Gasteiger partial charge in [0.2, 0.25) is 6.04 Å². The Bertz CT molecular complexity index is 1250. The van der Waals surface area contributed by atoms with E-state index in [1.165, 1.54) is 5.57 Å². The lowest BCUT2D eigenvalue weighted by Gasteiger charge is -2.37. The Hall–Kier alpha value is -3.99. The molecule has 0 saturated heterocycles. The fraction of sp³-hybridized carbons (Fsp3) is 0.233. The van der Waals surface area contributed by atoms with Crippen LogP contribution in [0.5, 0.6) is 0 Å². The van der Waals surface area contributed by atoms with Gasteiger partial charge >= 0.3 is 0 Å². The summed E-state index contributed by atoms with van der Waals surface area (Å²) in [5.74, 6) is -0.255. The van der Waals surface area contributed by atoms with Crippen LogP contribution >= 0.6 is 0 Å². The molecule has 5 nitrogen and oxygen atoms in total. The van der Waals surface area contributed by atoms with Gasteiger partial charge in [-0.25, -0.2) is 4.98 Å². The zero-order valence-electron chi connectivity index (χ0n) is 20.0. The Balaban J connectivity index is 1.73. The van der Waals surface area contributed by atoms with Crippen molar-refractivity contribution in [3.63, 3.8) is 0 Å². The topological polar surface area (TPSA) is 61.0 Å². The van der Waals surface area contributed by atoms with Crippen molar-refractivity contribution in [2.45, 2.75) is 44.2 Å². The molecule has 1 heterocycles. The summed E-state index contributed by atoms with van der Waals surface area (Å²) in [6, 6.07) is 30.5. The van der Waals surface area contributed by atoms with Gasteiger partial charge in [-0.2, -0.15) is 0 Å². The zero-order chi connectivity index (χ0) is 24.4. The normalized spacial score (nSPS) is 18.5. The number of allylic oxidation sites excluding steroid dienone is 1. The average Bonchev–Trinajstić information content (AvgIpc) is 3.38. The molecule has 0 unspecified atom stereocenters. The molecule has 2 atom stereocenters. The second kappa shape index (κ2) is 9.34. The van der Waals surface area contributed by atoms with Crippen LogP contribution in [0.15, 0.2) is 115 Å². The van der Waals surface area contributed by atoms with Gasteiger partial charge in [-0.3, -0.25) is 10.1 Å². The van der Waals surface area contributed by atoms with Gasteiger partial charge < -0.3 is 4.57 Å². The monoisotopic (exact) mass is 463 g/mol. The Kier molecular flexibility index (Phi) is 6.08. The van der Waals surface area contributed by atoms with E-state index in [1.807, 2.05) is 37.6 Å². The summed E-state index contributed by atoms with van der Waals surface area (Å²) in [7, 11) is 0. The number of hydrogen-bond donors (Lipinski definition) is 0. The number of benzene rings is 3. The summed E-state index contributed by atoms with van der Waals surface area (Å²) in [6.07, 6.45) is 5.00. The predicted molar refractivity (Wildman–Crippen MR) is 138 cm³/mol. The Morgan fingerprint density at radius 3 is 1.71 bits per heavy atom. The Labute approximate surface area is 205 Å². The largest absolute Gasteiger partial charge is 0.319 e. The maximum atomic E-state index is 12.0. The second-order valence-electron chi connectivity index (χ2n) is 9.44. The fourth-order valence-corrected chi connectivity index (χ4v) is 5.49. The van der Waals surface area contributed by atoms with Gasteiger partial charge in [0.25, 0.3) is 0 Å². The summed E-state index contributed by atoms with van der Waals surface area (Å²) in [6.45, 7) is 4.09. The van der Waals surface area contributed by atoms with Crippen molar-refractivity contribution in [3.8, 4) is 0 Å². The summed E-state index contributed by atoms with van der Waals surface area (Å²) in [5, 5.41) is 12.0. The van der Waals surface area contributed by atoms with E-state index in [1.54, 1.807) is 0 Å². The predicted octanol–water partition coefficient (Wildman–Crippen LogP) is 6.58. The van der Waals surface area contributed by atoms with Gasteiger partial charge in [-0.1, -0.05) is 102 Å². The lowest BCUT2D eigenvalue weighted by molar-refractivity contribution is -0.527. The third kappa shape index (κ3) is 3.97. The van der Waals surface area contributed by atoms with Crippen LogP contribution in [0.4, 0.5) is 0 Å². The third-order valence-corrected chi connectivity index (χ3v) is 7.45. The van der Waals surface area contributed by atoms with Crippen LogP contribution in [0.25, 0.3) is 0 Å². The van der Waals surface area contributed by atoms with E-state index in [0.717, 1.165) is 28.0 Å². The van der Waals surface area contributed by atoms with Crippen LogP contribution in [0.1, 0.15) is 55.0 Å². The quantitative estimate of drug-likeness (QED) is 0.140. The molecule has 176 valence electrons. The molecule has 5 rings (SSSR count). The van der Waals surface area contributed by atoms with Gasteiger partial charge in [0.15, 0.2) is 0 Å². The molecule has 0 saturated carbocycles. The van der Waals surface area contributed by atoms with E-state index in [4.69, 9.17) is 4.98 Å².